The highest BCUT2D eigenvalue weighted by Crippen LogP contribution is 2.24. The summed E-state index contributed by atoms with van der Waals surface area (Å²) in [5, 5.41) is 3.81. The lowest BCUT2D eigenvalue weighted by Gasteiger charge is -2.29. The molecule has 2 amide bonds. The number of nitrogens with one attached hydrogen (secondary N) is 1. The predicted octanol–water partition coefficient (Wildman–Crippen LogP) is 3.89. The van der Waals surface area contributed by atoms with E-state index in [1.165, 1.54) is 0 Å². The summed E-state index contributed by atoms with van der Waals surface area (Å²) in [5.41, 5.74) is 1.96. The third-order valence-corrected chi connectivity index (χ3v) is 4.98. The number of nitrogens with zero attached hydrogens (tertiary/aromatic N) is 2. The van der Waals surface area contributed by atoms with E-state index < -0.39 is 0 Å². The van der Waals surface area contributed by atoms with Gasteiger partial charge in [-0.3, -0.25) is 4.98 Å². The lowest BCUT2D eigenvalue weighted by atomic mass is 9.99. The fourth-order valence-electron chi connectivity index (χ4n) is 3.20. The topological polar surface area (TPSA) is 54.5 Å². The lowest BCUT2D eigenvalue weighted by Crippen LogP contribution is -2.42. The molecule has 2 heterocycles. The Morgan fingerprint density at radius 3 is 2.46 bits per heavy atom. The molecule has 2 aromatic rings. The van der Waals surface area contributed by atoms with Crippen molar-refractivity contribution in [3.05, 3.63) is 64.9 Å². The van der Waals surface area contributed by atoms with Gasteiger partial charge in [-0.05, 0) is 54.2 Å². The number of carbonyl (C=O) groups excluding carboxylic acids is 1. The largest absolute Gasteiger partial charge is 0.381 e. The van der Waals surface area contributed by atoms with Crippen molar-refractivity contribution in [1.29, 1.82) is 0 Å². The van der Waals surface area contributed by atoms with Crippen LogP contribution in [0, 0.1) is 5.92 Å². The van der Waals surface area contributed by atoms with Gasteiger partial charge in [-0.1, -0.05) is 23.7 Å². The molecule has 1 unspecified atom stereocenters. The van der Waals surface area contributed by atoms with Gasteiger partial charge >= 0.3 is 6.03 Å². The number of carbonyl (C=O) groups is 1. The maximum atomic E-state index is 12.8. The van der Waals surface area contributed by atoms with E-state index in [1.54, 1.807) is 17.3 Å². The molecular weight excluding hydrogens is 350 g/mol. The first-order chi connectivity index (χ1) is 12.6. The molecule has 0 radical (unpaired) electrons. The maximum absolute atomic E-state index is 12.8. The number of benzene rings is 1. The van der Waals surface area contributed by atoms with Gasteiger partial charge in [0, 0.05) is 44.2 Å². The van der Waals surface area contributed by atoms with Gasteiger partial charge in [0.05, 0.1) is 6.04 Å². The number of hydrogen-bond acceptors (Lipinski definition) is 3. The van der Waals surface area contributed by atoms with Crippen molar-refractivity contribution in [3.63, 3.8) is 0 Å². The third kappa shape index (κ3) is 4.96. The van der Waals surface area contributed by atoms with E-state index in [4.69, 9.17) is 16.3 Å². The number of ether oxygens (including phenoxy) is 1. The van der Waals surface area contributed by atoms with Crippen LogP contribution >= 0.6 is 11.6 Å². The molecule has 1 aliphatic heterocycles. The fraction of sp³-hybridized carbons (Fsp3) is 0.400. The molecule has 0 saturated carbocycles. The molecule has 1 saturated heterocycles. The van der Waals surface area contributed by atoms with Crippen molar-refractivity contribution in [2.75, 3.05) is 26.8 Å². The van der Waals surface area contributed by atoms with E-state index in [2.05, 4.69) is 10.3 Å². The molecule has 138 valence electrons. The summed E-state index contributed by atoms with van der Waals surface area (Å²) in [7, 11) is 1.84. The summed E-state index contributed by atoms with van der Waals surface area (Å²) in [5.74, 6) is 0.495. The van der Waals surface area contributed by atoms with Crippen molar-refractivity contribution in [3.8, 4) is 0 Å². The highest BCUT2D eigenvalue weighted by molar-refractivity contribution is 6.30. The number of amides is 2. The van der Waals surface area contributed by atoms with Crippen LogP contribution in [-0.4, -0.2) is 42.7 Å². The number of pyridine rings is 1. The SMILES string of the molecule is CN(CC1CCOCC1)C(=O)NC(c1ccncc1)c1ccc(Cl)cc1. The zero-order valence-corrected chi connectivity index (χ0v) is 15.7. The summed E-state index contributed by atoms with van der Waals surface area (Å²) >= 11 is 6.01. The molecule has 0 spiro atoms. The van der Waals surface area contributed by atoms with Gasteiger partial charge in [-0.2, -0.15) is 0 Å². The number of urea groups is 1. The highest BCUT2D eigenvalue weighted by Gasteiger charge is 2.22. The lowest BCUT2D eigenvalue weighted by molar-refractivity contribution is 0.0585. The molecule has 1 N–H and O–H groups in total. The van der Waals surface area contributed by atoms with Crippen LogP contribution in [0.25, 0.3) is 0 Å². The number of rotatable bonds is 5. The smallest absolute Gasteiger partial charge is 0.317 e. The zero-order valence-electron chi connectivity index (χ0n) is 14.9. The molecule has 1 aliphatic rings. The first kappa shape index (κ1) is 18.7. The monoisotopic (exact) mass is 373 g/mol. The first-order valence-corrected chi connectivity index (χ1v) is 9.26. The van der Waals surface area contributed by atoms with Gasteiger partial charge in [0.2, 0.25) is 0 Å². The Morgan fingerprint density at radius 1 is 1.19 bits per heavy atom. The van der Waals surface area contributed by atoms with Crippen molar-refractivity contribution in [2.45, 2.75) is 18.9 Å². The van der Waals surface area contributed by atoms with Crippen LogP contribution < -0.4 is 5.32 Å². The van der Waals surface area contributed by atoms with Crippen LogP contribution in [0.3, 0.4) is 0 Å². The minimum atomic E-state index is -0.250. The van der Waals surface area contributed by atoms with Crippen molar-refractivity contribution in [2.24, 2.45) is 5.92 Å². The quantitative estimate of drug-likeness (QED) is 0.864. The second-order valence-corrected chi connectivity index (χ2v) is 7.09. The second-order valence-electron chi connectivity index (χ2n) is 6.65. The van der Waals surface area contributed by atoms with E-state index in [0.29, 0.717) is 10.9 Å². The Labute approximate surface area is 159 Å². The Kier molecular flexibility index (Phi) is 6.47. The van der Waals surface area contributed by atoms with Crippen LogP contribution in [-0.2, 0) is 4.74 Å². The molecule has 0 bridgehead atoms. The van der Waals surface area contributed by atoms with E-state index >= 15 is 0 Å². The molecule has 0 aliphatic carbocycles. The molecule has 1 aromatic heterocycles. The maximum Gasteiger partial charge on any atom is 0.317 e. The van der Waals surface area contributed by atoms with E-state index in [0.717, 1.165) is 43.7 Å². The van der Waals surface area contributed by atoms with Gasteiger partial charge in [0.15, 0.2) is 0 Å². The van der Waals surface area contributed by atoms with Crippen LogP contribution in [0.2, 0.25) is 5.02 Å². The molecule has 3 rings (SSSR count). The molecule has 5 nitrogen and oxygen atoms in total. The van der Waals surface area contributed by atoms with Crippen molar-refractivity contribution in [1.82, 2.24) is 15.2 Å². The van der Waals surface area contributed by atoms with E-state index in [9.17, 15) is 4.79 Å². The molecule has 1 atom stereocenters. The number of hydrogen-bond donors (Lipinski definition) is 1. The Bertz CT molecular complexity index is 703. The molecular formula is C20H24ClN3O2. The van der Waals surface area contributed by atoms with Crippen molar-refractivity contribution < 1.29 is 9.53 Å². The molecule has 1 aromatic carbocycles. The Hall–Kier alpha value is -2.11. The zero-order chi connectivity index (χ0) is 18.4. The van der Waals surface area contributed by atoms with Crippen LogP contribution in [0.1, 0.15) is 30.0 Å². The minimum Gasteiger partial charge on any atom is -0.381 e. The first-order valence-electron chi connectivity index (χ1n) is 8.88. The Morgan fingerprint density at radius 2 is 1.81 bits per heavy atom. The minimum absolute atomic E-state index is 0.0896. The van der Waals surface area contributed by atoms with Crippen molar-refractivity contribution >= 4 is 17.6 Å². The summed E-state index contributed by atoms with van der Waals surface area (Å²) < 4.78 is 5.40. The summed E-state index contributed by atoms with van der Waals surface area (Å²) in [6, 6.07) is 11.0. The average molecular weight is 374 g/mol. The van der Waals surface area contributed by atoms with Crippen LogP contribution in [0.15, 0.2) is 48.8 Å². The highest BCUT2D eigenvalue weighted by atomic mass is 35.5. The number of aromatic nitrogens is 1. The van der Waals surface area contributed by atoms with Gasteiger partial charge in [0.1, 0.15) is 0 Å². The summed E-state index contributed by atoms with van der Waals surface area (Å²) in [4.78, 5) is 18.6. The standard InChI is InChI=1S/C20H24ClN3O2/c1-24(14-15-8-12-26-13-9-15)20(25)23-19(17-6-10-22-11-7-17)16-2-4-18(21)5-3-16/h2-7,10-11,15,19H,8-9,12-14H2,1H3,(H,23,25). The van der Waals surface area contributed by atoms with E-state index in [-0.39, 0.29) is 12.1 Å². The van der Waals surface area contributed by atoms with E-state index in [1.807, 2.05) is 43.4 Å². The van der Waals surface area contributed by atoms with Gasteiger partial charge in [-0.25, -0.2) is 4.79 Å². The molecule has 6 heteroatoms. The predicted molar refractivity (Wildman–Crippen MR) is 102 cm³/mol. The molecule has 26 heavy (non-hydrogen) atoms. The van der Waals surface area contributed by atoms with Gasteiger partial charge < -0.3 is 15.0 Å². The Balaban J connectivity index is 1.72. The normalized spacial score (nSPS) is 16.1. The van der Waals surface area contributed by atoms with Crippen LogP contribution in [0.5, 0.6) is 0 Å². The summed E-state index contributed by atoms with van der Waals surface area (Å²) in [6.07, 6.45) is 5.47. The summed E-state index contributed by atoms with van der Waals surface area (Å²) in [6.45, 7) is 2.30. The number of halogens is 1. The van der Waals surface area contributed by atoms with Gasteiger partial charge in [0.25, 0.3) is 0 Å². The average Bonchev–Trinajstić information content (AvgIpc) is 2.68. The fourth-order valence-corrected chi connectivity index (χ4v) is 3.33. The van der Waals surface area contributed by atoms with Gasteiger partial charge in [-0.15, -0.1) is 0 Å². The third-order valence-electron chi connectivity index (χ3n) is 4.73. The second kappa shape index (κ2) is 9.01. The molecule has 1 fully saturated rings. The van der Waals surface area contributed by atoms with Crippen LogP contribution in [0.4, 0.5) is 4.79 Å².